The zero-order chi connectivity index (χ0) is 12.4. The number of anilines is 1. The summed E-state index contributed by atoms with van der Waals surface area (Å²) in [5.74, 6) is -0.421. The van der Waals surface area contributed by atoms with Gasteiger partial charge in [-0.15, -0.1) is 0 Å². The molecule has 0 aromatic heterocycles. The molecule has 1 fully saturated rings. The first kappa shape index (κ1) is 11.5. The van der Waals surface area contributed by atoms with Gasteiger partial charge in [0.05, 0.1) is 6.54 Å². The number of nitrogens with zero attached hydrogens (tertiary/aromatic N) is 1. The topological polar surface area (TPSA) is 75.8 Å². The molecule has 5 nitrogen and oxygen atoms in total. The average Bonchev–Trinajstić information content (AvgIpc) is 2.72. The highest BCUT2D eigenvalue weighted by atomic mass is 19.1. The van der Waals surface area contributed by atoms with Crippen LogP contribution in [0.2, 0.25) is 0 Å². The van der Waals surface area contributed by atoms with E-state index in [9.17, 15) is 9.18 Å². The fourth-order valence-electron chi connectivity index (χ4n) is 1.79. The molecule has 0 unspecified atom stereocenters. The maximum Gasteiger partial charge on any atom is 0.407 e. The van der Waals surface area contributed by atoms with Gasteiger partial charge in [0, 0.05) is 24.7 Å². The van der Waals surface area contributed by atoms with Crippen molar-refractivity contribution in [1.29, 1.82) is 0 Å². The first-order valence-corrected chi connectivity index (χ1v) is 5.26. The Balaban J connectivity index is 2.02. The van der Waals surface area contributed by atoms with Crippen LogP contribution in [0.1, 0.15) is 6.42 Å². The Labute approximate surface area is 97.6 Å². The number of likely N-dealkylation sites (tertiary alicyclic amines) is 1. The molecular weight excluding hydrogens is 227 g/mol. The van der Waals surface area contributed by atoms with Gasteiger partial charge in [0.2, 0.25) is 0 Å². The highest BCUT2D eigenvalue weighted by Gasteiger charge is 2.27. The van der Waals surface area contributed by atoms with E-state index < -0.39 is 11.9 Å². The monoisotopic (exact) mass is 240 g/mol. The Bertz CT molecular complexity index is 439. The van der Waals surface area contributed by atoms with Crippen LogP contribution in [0.3, 0.4) is 0 Å². The molecule has 1 atom stereocenters. The number of ether oxygens (including phenoxy) is 1. The second-order valence-corrected chi connectivity index (χ2v) is 3.95. The molecule has 0 aliphatic carbocycles. The van der Waals surface area contributed by atoms with E-state index in [2.05, 4.69) is 0 Å². The Morgan fingerprint density at radius 1 is 1.59 bits per heavy atom. The summed E-state index contributed by atoms with van der Waals surface area (Å²) in [6.07, 6.45) is -0.743. The van der Waals surface area contributed by atoms with E-state index in [1.807, 2.05) is 0 Å². The SMILES string of the molecule is Nc1ccc(F)c(O[C@@H]2CCN(C(=O)O)C2)c1. The van der Waals surface area contributed by atoms with Crippen LogP contribution in [0.5, 0.6) is 5.75 Å². The first-order chi connectivity index (χ1) is 8.06. The van der Waals surface area contributed by atoms with Crippen molar-refractivity contribution in [2.24, 2.45) is 0 Å². The maximum atomic E-state index is 13.4. The maximum absolute atomic E-state index is 13.4. The highest BCUT2D eigenvalue weighted by molar-refractivity contribution is 5.65. The molecule has 6 heteroatoms. The van der Waals surface area contributed by atoms with Crippen molar-refractivity contribution in [3.63, 3.8) is 0 Å². The molecule has 0 saturated carbocycles. The summed E-state index contributed by atoms with van der Waals surface area (Å²) in [4.78, 5) is 11.9. The third kappa shape index (κ3) is 2.58. The molecule has 92 valence electrons. The lowest BCUT2D eigenvalue weighted by Gasteiger charge is -2.15. The van der Waals surface area contributed by atoms with Crippen LogP contribution in [-0.4, -0.2) is 35.3 Å². The number of nitrogens with two attached hydrogens (primary N) is 1. The van der Waals surface area contributed by atoms with E-state index in [0.717, 1.165) is 0 Å². The number of rotatable bonds is 2. The number of benzene rings is 1. The van der Waals surface area contributed by atoms with E-state index in [1.54, 1.807) is 0 Å². The van der Waals surface area contributed by atoms with Crippen molar-refractivity contribution in [1.82, 2.24) is 4.90 Å². The normalized spacial score (nSPS) is 19.4. The summed E-state index contributed by atoms with van der Waals surface area (Å²) in [6, 6.07) is 4.08. The van der Waals surface area contributed by atoms with Gasteiger partial charge in [-0.1, -0.05) is 0 Å². The number of amides is 1. The lowest BCUT2D eigenvalue weighted by Crippen LogP contribution is -2.29. The Morgan fingerprint density at radius 3 is 3.00 bits per heavy atom. The zero-order valence-corrected chi connectivity index (χ0v) is 9.10. The largest absolute Gasteiger partial charge is 0.485 e. The number of nitrogen functional groups attached to an aromatic ring is 1. The van der Waals surface area contributed by atoms with E-state index >= 15 is 0 Å². The number of hydrogen-bond acceptors (Lipinski definition) is 3. The summed E-state index contributed by atoms with van der Waals surface area (Å²) in [5.41, 5.74) is 5.94. The quantitative estimate of drug-likeness (QED) is 0.769. The average molecular weight is 240 g/mol. The first-order valence-electron chi connectivity index (χ1n) is 5.26. The molecular formula is C11H13FN2O3. The van der Waals surface area contributed by atoms with Crippen molar-refractivity contribution in [2.45, 2.75) is 12.5 Å². The summed E-state index contributed by atoms with van der Waals surface area (Å²) in [5, 5.41) is 8.77. The van der Waals surface area contributed by atoms with Crippen molar-refractivity contribution in [3.05, 3.63) is 24.0 Å². The van der Waals surface area contributed by atoms with Gasteiger partial charge < -0.3 is 20.5 Å². The van der Waals surface area contributed by atoms with Crippen LogP contribution in [0.25, 0.3) is 0 Å². The summed E-state index contributed by atoms with van der Waals surface area (Å²) in [7, 11) is 0. The smallest absolute Gasteiger partial charge is 0.407 e. The van der Waals surface area contributed by atoms with Crippen LogP contribution in [0.4, 0.5) is 14.9 Å². The van der Waals surface area contributed by atoms with E-state index in [0.29, 0.717) is 18.7 Å². The van der Waals surface area contributed by atoms with Crippen molar-refractivity contribution in [2.75, 3.05) is 18.8 Å². The second-order valence-electron chi connectivity index (χ2n) is 3.95. The molecule has 3 N–H and O–H groups in total. The zero-order valence-electron chi connectivity index (χ0n) is 9.10. The van der Waals surface area contributed by atoms with E-state index in [-0.39, 0.29) is 18.4 Å². The summed E-state index contributed by atoms with van der Waals surface area (Å²) >= 11 is 0. The van der Waals surface area contributed by atoms with Gasteiger partial charge in [0.1, 0.15) is 6.10 Å². The van der Waals surface area contributed by atoms with Gasteiger partial charge in [-0.05, 0) is 12.1 Å². The minimum absolute atomic E-state index is 0.0715. The summed E-state index contributed by atoms with van der Waals surface area (Å²) in [6.45, 7) is 0.660. The molecule has 1 aliphatic heterocycles. The number of hydrogen-bond donors (Lipinski definition) is 2. The predicted octanol–water partition coefficient (Wildman–Crippen LogP) is 1.54. The van der Waals surface area contributed by atoms with E-state index in [1.165, 1.54) is 23.1 Å². The second kappa shape index (κ2) is 4.48. The fraction of sp³-hybridized carbons (Fsp3) is 0.364. The van der Waals surface area contributed by atoms with Crippen LogP contribution in [0.15, 0.2) is 18.2 Å². The predicted molar refractivity (Wildman–Crippen MR) is 59.4 cm³/mol. The Hall–Kier alpha value is -1.98. The van der Waals surface area contributed by atoms with Crippen LogP contribution >= 0.6 is 0 Å². The molecule has 1 aliphatic rings. The lowest BCUT2D eigenvalue weighted by atomic mass is 10.2. The van der Waals surface area contributed by atoms with Crippen LogP contribution in [-0.2, 0) is 0 Å². The van der Waals surface area contributed by atoms with Gasteiger partial charge in [0.15, 0.2) is 11.6 Å². The minimum Gasteiger partial charge on any atom is -0.485 e. The van der Waals surface area contributed by atoms with Gasteiger partial charge in [-0.2, -0.15) is 0 Å². The van der Waals surface area contributed by atoms with Crippen LogP contribution < -0.4 is 10.5 Å². The van der Waals surface area contributed by atoms with Crippen molar-refractivity contribution in [3.8, 4) is 5.75 Å². The third-order valence-electron chi connectivity index (χ3n) is 2.66. The lowest BCUT2D eigenvalue weighted by molar-refractivity contribution is 0.144. The van der Waals surface area contributed by atoms with E-state index in [4.69, 9.17) is 15.6 Å². The standard InChI is InChI=1S/C11H13FN2O3/c12-9-2-1-7(13)5-10(9)17-8-3-4-14(6-8)11(15)16/h1-2,5,8H,3-4,6,13H2,(H,15,16)/t8-/m1/s1. The molecule has 1 heterocycles. The molecule has 17 heavy (non-hydrogen) atoms. The molecule has 0 bridgehead atoms. The van der Waals surface area contributed by atoms with Gasteiger partial charge in [-0.3, -0.25) is 0 Å². The Kier molecular flexibility index (Phi) is 3.03. The molecule has 1 amide bonds. The molecule has 0 spiro atoms. The molecule has 2 rings (SSSR count). The van der Waals surface area contributed by atoms with Gasteiger partial charge >= 0.3 is 6.09 Å². The summed E-state index contributed by atoms with van der Waals surface area (Å²) < 4.78 is 18.8. The van der Waals surface area contributed by atoms with Gasteiger partial charge in [-0.25, -0.2) is 9.18 Å². The van der Waals surface area contributed by atoms with Crippen molar-refractivity contribution >= 4 is 11.8 Å². The minimum atomic E-state index is -0.982. The number of halogens is 1. The van der Waals surface area contributed by atoms with Crippen molar-refractivity contribution < 1.29 is 19.0 Å². The fourth-order valence-corrected chi connectivity index (χ4v) is 1.79. The van der Waals surface area contributed by atoms with Crippen LogP contribution in [0, 0.1) is 5.82 Å². The molecule has 1 aromatic rings. The molecule has 1 saturated heterocycles. The number of carbonyl (C=O) groups is 1. The molecule has 0 radical (unpaired) electrons. The van der Waals surface area contributed by atoms with Gasteiger partial charge in [0.25, 0.3) is 0 Å². The number of carboxylic acid groups (broad SMARTS) is 1. The Morgan fingerprint density at radius 2 is 2.35 bits per heavy atom. The third-order valence-corrected chi connectivity index (χ3v) is 2.66. The molecule has 1 aromatic carbocycles. The highest BCUT2D eigenvalue weighted by Crippen LogP contribution is 2.24.